The molecule has 172 valence electrons. The van der Waals surface area contributed by atoms with Crippen molar-refractivity contribution >= 4 is 28.3 Å². The van der Waals surface area contributed by atoms with Gasteiger partial charge in [0.2, 0.25) is 5.91 Å². The van der Waals surface area contributed by atoms with Gasteiger partial charge in [-0.2, -0.15) is 0 Å². The Morgan fingerprint density at radius 3 is 2.59 bits per heavy atom. The van der Waals surface area contributed by atoms with Gasteiger partial charge in [0.25, 0.3) is 0 Å². The SMILES string of the molecule is [2H]c1nccc2cc(NC(=O)[C@H](CN)c3ccc(C([2H])([2H])OC(=O)c4ccc(C)cc4C)cc3)ccc12. The zero-order valence-electron chi connectivity index (χ0n) is 22.0. The highest BCUT2D eigenvalue weighted by atomic mass is 16.5. The predicted octanol–water partition coefficient (Wildman–Crippen LogP) is 4.89. The maximum atomic E-state index is 13.0. The summed E-state index contributed by atoms with van der Waals surface area (Å²) in [7, 11) is 0. The largest absolute Gasteiger partial charge is 0.457 e. The number of nitrogens with one attached hydrogen (secondary N) is 1. The molecule has 0 aliphatic rings. The van der Waals surface area contributed by atoms with Crippen LogP contribution in [0.3, 0.4) is 0 Å². The summed E-state index contributed by atoms with van der Waals surface area (Å²) >= 11 is 0. The zero-order chi connectivity index (χ0) is 26.7. The van der Waals surface area contributed by atoms with Gasteiger partial charge in [-0.25, -0.2) is 4.79 Å². The lowest BCUT2D eigenvalue weighted by molar-refractivity contribution is -0.117. The van der Waals surface area contributed by atoms with Gasteiger partial charge in [-0.1, -0.05) is 48.0 Å². The van der Waals surface area contributed by atoms with Crippen molar-refractivity contribution in [2.45, 2.75) is 26.3 Å². The zero-order valence-corrected chi connectivity index (χ0v) is 19.0. The second kappa shape index (κ2) is 10.3. The fourth-order valence-corrected chi connectivity index (χ4v) is 3.71. The van der Waals surface area contributed by atoms with Crippen molar-refractivity contribution in [1.82, 2.24) is 4.98 Å². The number of hydrogen-bond donors (Lipinski definition) is 2. The van der Waals surface area contributed by atoms with E-state index in [0.29, 0.717) is 27.8 Å². The Hall–Kier alpha value is -4.03. The van der Waals surface area contributed by atoms with Crippen LogP contribution in [0.4, 0.5) is 5.69 Å². The standard InChI is InChI=1S/C28H27N3O3/c1-18-3-10-25(19(2)13-18)28(33)34-17-20-4-6-21(7-5-20)26(15-29)27(32)31-24-9-8-23-16-30-12-11-22(23)14-24/h3-14,16,26H,15,17,29H2,1-2H3,(H,31,32)/t26-/m1/s1/i16D,17D2. The molecule has 0 radical (unpaired) electrons. The summed E-state index contributed by atoms with van der Waals surface area (Å²) in [5, 5.41) is 4.32. The molecule has 1 atom stereocenters. The van der Waals surface area contributed by atoms with Crippen molar-refractivity contribution in [3.8, 4) is 0 Å². The first-order valence-corrected chi connectivity index (χ1v) is 10.9. The minimum atomic E-state index is -2.37. The van der Waals surface area contributed by atoms with Crippen LogP contribution in [0.1, 0.15) is 42.6 Å². The topological polar surface area (TPSA) is 94.3 Å². The van der Waals surface area contributed by atoms with Crippen molar-refractivity contribution in [2.24, 2.45) is 5.73 Å². The molecule has 0 aliphatic carbocycles. The Labute approximate surface area is 203 Å². The number of anilines is 1. The number of pyridine rings is 1. The van der Waals surface area contributed by atoms with Crippen molar-refractivity contribution in [2.75, 3.05) is 11.9 Å². The molecule has 6 nitrogen and oxygen atoms in total. The molecule has 3 aromatic carbocycles. The van der Waals surface area contributed by atoms with Crippen molar-refractivity contribution < 1.29 is 18.4 Å². The number of nitrogens with two attached hydrogens (primary N) is 1. The van der Waals surface area contributed by atoms with Gasteiger partial charge in [-0.05, 0) is 60.2 Å². The van der Waals surface area contributed by atoms with E-state index in [4.69, 9.17) is 14.6 Å². The average molecular weight is 457 g/mol. The fourth-order valence-electron chi connectivity index (χ4n) is 3.71. The molecular weight excluding hydrogens is 426 g/mol. The molecule has 0 aliphatic heterocycles. The van der Waals surface area contributed by atoms with Crippen LogP contribution in [0.15, 0.2) is 79.1 Å². The lowest BCUT2D eigenvalue weighted by atomic mass is 9.97. The second-order valence-corrected chi connectivity index (χ2v) is 8.07. The maximum absolute atomic E-state index is 13.0. The molecule has 1 heterocycles. The predicted molar refractivity (Wildman–Crippen MR) is 134 cm³/mol. The molecule has 0 bridgehead atoms. The third kappa shape index (κ3) is 5.30. The number of ether oxygens (including phenoxy) is 1. The molecule has 34 heavy (non-hydrogen) atoms. The number of aromatic nitrogens is 1. The third-order valence-electron chi connectivity index (χ3n) is 5.56. The van der Waals surface area contributed by atoms with Crippen LogP contribution < -0.4 is 11.1 Å². The first-order valence-electron chi connectivity index (χ1n) is 12.4. The van der Waals surface area contributed by atoms with E-state index in [-0.39, 0.29) is 24.2 Å². The van der Waals surface area contributed by atoms with Gasteiger partial charge in [0, 0.05) is 30.0 Å². The first kappa shape index (κ1) is 19.4. The third-order valence-corrected chi connectivity index (χ3v) is 5.56. The highest BCUT2D eigenvalue weighted by molar-refractivity contribution is 5.98. The van der Waals surface area contributed by atoms with E-state index in [1.165, 1.54) is 12.1 Å². The van der Waals surface area contributed by atoms with E-state index in [9.17, 15) is 9.59 Å². The van der Waals surface area contributed by atoms with Gasteiger partial charge in [-0.3, -0.25) is 9.78 Å². The molecule has 4 aromatic rings. The summed E-state index contributed by atoms with van der Waals surface area (Å²) in [6, 6.07) is 18.4. The number of fused-ring (bicyclic) bond motifs is 1. The van der Waals surface area contributed by atoms with Crippen LogP contribution in [0.2, 0.25) is 0 Å². The van der Waals surface area contributed by atoms with E-state index in [2.05, 4.69) is 10.3 Å². The monoisotopic (exact) mass is 456 g/mol. The summed E-state index contributed by atoms with van der Waals surface area (Å²) in [4.78, 5) is 29.6. The molecular formula is C28H27N3O3. The van der Waals surface area contributed by atoms with Gasteiger partial charge in [0.05, 0.1) is 15.6 Å². The Balaban J connectivity index is 1.48. The number of hydrogen-bond acceptors (Lipinski definition) is 5. The number of nitrogens with zero attached hydrogens (tertiary/aromatic N) is 1. The number of benzene rings is 3. The van der Waals surface area contributed by atoms with Crippen LogP contribution >= 0.6 is 0 Å². The molecule has 1 amide bonds. The smallest absolute Gasteiger partial charge is 0.338 e. The van der Waals surface area contributed by atoms with E-state index >= 15 is 0 Å². The van der Waals surface area contributed by atoms with Crippen molar-refractivity contribution in [3.05, 3.63) is 107 Å². The minimum absolute atomic E-state index is 0.0358. The second-order valence-electron chi connectivity index (χ2n) is 8.07. The van der Waals surface area contributed by atoms with Crippen LogP contribution in [-0.4, -0.2) is 23.4 Å². The molecule has 0 spiro atoms. The Kier molecular flexibility index (Phi) is 5.87. The molecule has 0 saturated carbocycles. The highest BCUT2D eigenvalue weighted by Gasteiger charge is 2.19. The van der Waals surface area contributed by atoms with Gasteiger partial charge in [0.1, 0.15) is 6.56 Å². The summed E-state index contributed by atoms with van der Waals surface area (Å²) in [5.74, 6) is -1.76. The summed E-state index contributed by atoms with van der Waals surface area (Å²) in [6.07, 6.45) is 1.70. The van der Waals surface area contributed by atoms with Gasteiger partial charge >= 0.3 is 5.97 Å². The summed E-state index contributed by atoms with van der Waals surface area (Å²) in [5.41, 5.74) is 9.21. The van der Waals surface area contributed by atoms with E-state index in [1.54, 1.807) is 61.7 Å². The van der Waals surface area contributed by atoms with Crippen LogP contribution in [0.5, 0.6) is 0 Å². The lowest BCUT2D eigenvalue weighted by Crippen LogP contribution is -2.27. The Morgan fingerprint density at radius 2 is 1.85 bits per heavy atom. The fraction of sp³-hybridized carbons (Fsp3) is 0.179. The number of rotatable bonds is 7. The number of esters is 1. The molecule has 1 aromatic heterocycles. The Bertz CT molecular complexity index is 1470. The van der Waals surface area contributed by atoms with Crippen molar-refractivity contribution in [1.29, 1.82) is 0 Å². The number of carbonyl (C=O) groups excluding carboxylic acids is 2. The number of aryl methyl sites for hydroxylation is 2. The van der Waals surface area contributed by atoms with Crippen LogP contribution in [0, 0.1) is 13.8 Å². The summed E-state index contributed by atoms with van der Waals surface area (Å²) < 4.78 is 29.7. The van der Waals surface area contributed by atoms with E-state index < -0.39 is 18.4 Å². The molecule has 3 N–H and O–H groups in total. The number of carbonyl (C=O) groups is 2. The average Bonchev–Trinajstić information content (AvgIpc) is 2.84. The van der Waals surface area contributed by atoms with E-state index in [0.717, 1.165) is 10.9 Å². The maximum Gasteiger partial charge on any atom is 0.338 e. The first-order chi connectivity index (χ1) is 17.6. The van der Waals surface area contributed by atoms with Crippen LogP contribution in [-0.2, 0) is 16.1 Å². The summed E-state index contributed by atoms with van der Waals surface area (Å²) in [6.45, 7) is 1.34. The van der Waals surface area contributed by atoms with Gasteiger partial charge in [0.15, 0.2) is 0 Å². The highest BCUT2D eigenvalue weighted by Crippen LogP contribution is 2.22. The molecule has 0 saturated heterocycles. The quantitative estimate of drug-likeness (QED) is 0.386. The normalized spacial score (nSPS) is 13.4. The minimum Gasteiger partial charge on any atom is -0.457 e. The van der Waals surface area contributed by atoms with Crippen molar-refractivity contribution in [3.63, 3.8) is 0 Å². The van der Waals surface area contributed by atoms with Crippen LogP contribution in [0.25, 0.3) is 10.8 Å². The lowest BCUT2D eigenvalue weighted by Gasteiger charge is -2.16. The van der Waals surface area contributed by atoms with Gasteiger partial charge in [-0.15, -0.1) is 0 Å². The Morgan fingerprint density at radius 1 is 1.06 bits per heavy atom. The number of amides is 1. The van der Waals surface area contributed by atoms with E-state index in [1.807, 2.05) is 13.0 Å². The molecule has 0 unspecified atom stereocenters. The van der Waals surface area contributed by atoms with Gasteiger partial charge < -0.3 is 15.8 Å². The molecule has 0 fully saturated rings. The molecule has 4 rings (SSSR count). The molecule has 6 heteroatoms.